The van der Waals surface area contributed by atoms with Crippen molar-refractivity contribution in [1.29, 1.82) is 5.26 Å². The maximum absolute atomic E-state index is 13.1. The van der Waals surface area contributed by atoms with Gasteiger partial charge in [0, 0.05) is 11.3 Å². The van der Waals surface area contributed by atoms with Gasteiger partial charge in [0.1, 0.15) is 29.6 Å². The van der Waals surface area contributed by atoms with Crippen LogP contribution in [0.4, 0.5) is 5.69 Å². The van der Waals surface area contributed by atoms with E-state index in [-0.39, 0.29) is 29.4 Å². The molecule has 7 nitrogen and oxygen atoms in total. The van der Waals surface area contributed by atoms with Crippen LogP contribution in [0.5, 0.6) is 0 Å². The number of carbonyl (C=O) groups excluding carboxylic acids is 2. The number of esters is 1. The number of rotatable bonds is 3. The molecule has 2 heterocycles. The van der Waals surface area contributed by atoms with Crippen LogP contribution in [-0.4, -0.2) is 18.5 Å². The van der Waals surface area contributed by atoms with Crippen molar-refractivity contribution in [2.75, 3.05) is 11.9 Å². The second-order valence-electron chi connectivity index (χ2n) is 6.02. The number of aryl methyl sites for hydroxylation is 1. The molecule has 0 fully saturated rings. The number of nitrogens with one attached hydrogen (secondary N) is 1. The molecule has 3 N–H and O–H groups in total. The van der Waals surface area contributed by atoms with E-state index in [2.05, 4.69) is 11.9 Å². The van der Waals surface area contributed by atoms with Crippen molar-refractivity contribution in [1.82, 2.24) is 0 Å². The summed E-state index contributed by atoms with van der Waals surface area (Å²) in [6.45, 7) is 6.82. The number of amides is 1. The van der Waals surface area contributed by atoms with Crippen LogP contribution in [-0.2, 0) is 24.5 Å². The summed E-state index contributed by atoms with van der Waals surface area (Å²) in [6, 6.07) is 7.24. The van der Waals surface area contributed by atoms with Crippen molar-refractivity contribution in [3.63, 3.8) is 0 Å². The van der Waals surface area contributed by atoms with Gasteiger partial charge >= 0.3 is 5.97 Å². The zero-order chi connectivity index (χ0) is 19.1. The SMILES string of the molecule is C=CCOC(=O)C1=C(C)OC(N)=C(C#N)[C@@]12C(=O)Nc1ccc(C)cc12. The highest BCUT2D eigenvalue weighted by molar-refractivity contribution is 6.17. The predicted molar refractivity (Wildman–Crippen MR) is 93.3 cm³/mol. The van der Waals surface area contributed by atoms with Crippen LogP contribution in [0, 0.1) is 18.3 Å². The summed E-state index contributed by atoms with van der Waals surface area (Å²) in [6.07, 6.45) is 1.41. The standard InChI is InChI=1S/C19H17N3O4/c1-4-7-25-17(23)15-11(3)26-16(21)13(9-20)19(15)12-8-10(2)5-6-14(12)22-18(19)24/h4-6,8H,1,7,21H2,2-3H3,(H,22,24)/t19-/m1/s1. The largest absolute Gasteiger partial charge is 0.458 e. The van der Waals surface area contributed by atoms with E-state index < -0.39 is 17.3 Å². The van der Waals surface area contributed by atoms with E-state index >= 15 is 0 Å². The highest BCUT2D eigenvalue weighted by Gasteiger charge is 2.59. The molecule has 1 atom stereocenters. The molecular formula is C19H17N3O4. The molecule has 1 amide bonds. The highest BCUT2D eigenvalue weighted by Crippen LogP contribution is 2.52. The van der Waals surface area contributed by atoms with E-state index in [0.717, 1.165) is 5.56 Å². The molecule has 132 valence electrons. The molecule has 0 saturated carbocycles. The van der Waals surface area contributed by atoms with Crippen molar-refractivity contribution in [3.8, 4) is 6.07 Å². The summed E-state index contributed by atoms with van der Waals surface area (Å²) in [5, 5.41) is 12.5. The molecule has 1 spiro atoms. The van der Waals surface area contributed by atoms with Gasteiger partial charge in [-0.05, 0) is 19.9 Å². The number of carbonyl (C=O) groups is 2. The first-order valence-electron chi connectivity index (χ1n) is 7.88. The van der Waals surface area contributed by atoms with Gasteiger partial charge in [-0.2, -0.15) is 5.26 Å². The minimum Gasteiger partial charge on any atom is -0.458 e. The van der Waals surface area contributed by atoms with Crippen molar-refractivity contribution < 1.29 is 19.1 Å². The van der Waals surface area contributed by atoms with Gasteiger partial charge in [0.05, 0.1) is 0 Å². The molecule has 7 heteroatoms. The molecule has 3 rings (SSSR count). The molecule has 1 aromatic rings. The van der Waals surface area contributed by atoms with Crippen molar-refractivity contribution in [2.24, 2.45) is 5.73 Å². The van der Waals surface area contributed by atoms with Crippen molar-refractivity contribution in [3.05, 3.63) is 64.8 Å². The maximum Gasteiger partial charge on any atom is 0.339 e. The maximum atomic E-state index is 13.1. The Morgan fingerprint density at radius 3 is 2.88 bits per heavy atom. The lowest BCUT2D eigenvalue weighted by Crippen LogP contribution is -2.45. The Kier molecular flexibility index (Phi) is 4.04. The number of hydrogen-bond donors (Lipinski definition) is 2. The smallest absolute Gasteiger partial charge is 0.339 e. The lowest BCUT2D eigenvalue weighted by Gasteiger charge is -2.33. The molecule has 0 bridgehead atoms. The van der Waals surface area contributed by atoms with Crippen LogP contribution in [0.2, 0.25) is 0 Å². The van der Waals surface area contributed by atoms with E-state index in [4.69, 9.17) is 15.2 Å². The Balaban J connectivity index is 2.36. The quantitative estimate of drug-likeness (QED) is 0.635. The van der Waals surface area contributed by atoms with Crippen LogP contribution < -0.4 is 11.1 Å². The van der Waals surface area contributed by atoms with E-state index in [1.165, 1.54) is 13.0 Å². The number of allylic oxidation sites excluding steroid dienone is 1. The minimum atomic E-state index is -1.71. The monoisotopic (exact) mass is 351 g/mol. The summed E-state index contributed by atoms with van der Waals surface area (Å²) in [4.78, 5) is 25.9. The van der Waals surface area contributed by atoms with Gasteiger partial charge in [-0.15, -0.1) is 0 Å². The van der Waals surface area contributed by atoms with E-state index in [0.29, 0.717) is 11.3 Å². The fourth-order valence-corrected chi connectivity index (χ4v) is 3.40. The molecular weight excluding hydrogens is 334 g/mol. The van der Waals surface area contributed by atoms with Crippen LogP contribution >= 0.6 is 0 Å². The fraction of sp³-hybridized carbons (Fsp3) is 0.211. The molecule has 2 aliphatic rings. The first-order chi connectivity index (χ1) is 12.4. The lowest BCUT2D eigenvalue weighted by atomic mass is 9.68. The normalized spacial score (nSPS) is 21.0. The van der Waals surface area contributed by atoms with Crippen LogP contribution in [0.25, 0.3) is 0 Å². The Labute approximate surface area is 150 Å². The van der Waals surface area contributed by atoms with E-state index in [1.807, 2.05) is 19.1 Å². The van der Waals surface area contributed by atoms with Gasteiger partial charge < -0.3 is 20.5 Å². The first-order valence-corrected chi connectivity index (χ1v) is 7.88. The van der Waals surface area contributed by atoms with Crippen LogP contribution in [0.1, 0.15) is 18.1 Å². The summed E-state index contributed by atoms with van der Waals surface area (Å²) < 4.78 is 10.6. The molecule has 1 aromatic carbocycles. The summed E-state index contributed by atoms with van der Waals surface area (Å²) >= 11 is 0. The number of nitriles is 1. The fourth-order valence-electron chi connectivity index (χ4n) is 3.40. The second-order valence-corrected chi connectivity index (χ2v) is 6.02. The number of nitrogens with zero attached hydrogens (tertiary/aromatic N) is 1. The average molecular weight is 351 g/mol. The number of fused-ring (bicyclic) bond motifs is 2. The van der Waals surface area contributed by atoms with Crippen molar-refractivity contribution >= 4 is 17.6 Å². The third-order valence-corrected chi connectivity index (χ3v) is 4.43. The second kappa shape index (κ2) is 6.08. The molecule has 26 heavy (non-hydrogen) atoms. The third kappa shape index (κ3) is 2.19. The summed E-state index contributed by atoms with van der Waals surface area (Å²) in [5.74, 6) is -1.42. The Morgan fingerprint density at radius 1 is 1.50 bits per heavy atom. The lowest BCUT2D eigenvalue weighted by molar-refractivity contribution is -0.140. The molecule has 0 aliphatic carbocycles. The van der Waals surface area contributed by atoms with Gasteiger partial charge in [-0.1, -0.05) is 30.4 Å². The van der Waals surface area contributed by atoms with E-state index in [9.17, 15) is 14.9 Å². The number of anilines is 1. The highest BCUT2D eigenvalue weighted by atomic mass is 16.5. The summed E-state index contributed by atoms with van der Waals surface area (Å²) in [5.41, 5.74) is 5.83. The Hall–Kier alpha value is -3.53. The average Bonchev–Trinajstić information content (AvgIpc) is 2.86. The molecule has 0 radical (unpaired) electrons. The third-order valence-electron chi connectivity index (χ3n) is 4.43. The molecule has 2 aliphatic heterocycles. The number of ether oxygens (including phenoxy) is 2. The minimum absolute atomic E-state index is 0.0466. The Bertz CT molecular complexity index is 952. The van der Waals surface area contributed by atoms with Gasteiger partial charge in [0.15, 0.2) is 5.41 Å². The van der Waals surface area contributed by atoms with Gasteiger partial charge in [-0.3, -0.25) is 4.79 Å². The van der Waals surface area contributed by atoms with Gasteiger partial charge in [-0.25, -0.2) is 4.79 Å². The zero-order valence-corrected chi connectivity index (χ0v) is 14.4. The number of nitrogens with two attached hydrogens (primary N) is 1. The number of benzene rings is 1. The summed E-state index contributed by atoms with van der Waals surface area (Å²) in [7, 11) is 0. The topological polar surface area (TPSA) is 114 Å². The molecule has 0 aromatic heterocycles. The zero-order valence-electron chi connectivity index (χ0n) is 14.4. The van der Waals surface area contributed by atoms with Gasteiger partial charge in [0.25, 0.3) is 0 Å². The molecule has 0 unspecified atom stereocenters. The number of hydrogen-bond acceptors (Lipinski definition) is 6. The van der Waals surface area contributed by atoms with Crippen molar-refractivity contribution in [2.45, 2.75) is 19.3 Å². The first kappa shape index (κ1) is 17.3. The van der Waals surface area contributed by atoms with Crippen LogP contribution in [0.3, 0.4) is 0 Å². The predicted octanol–water partition coefficient (Wildman–Crippen LogP) is 1.91. The van der Waals surface area contributed by atoms with Crippen LogP contribution in [0.15, 0.2) is 53.6 Å². The Morgan fingerprint density at radius 2 is 2.23 bits per heavy atom. The van der Waals surface area contributed by atoms with Gasteiger partial charge in [0.2, 0.25) is 11.8 Å². The van der Waals surface area contributed by atoms with E-state index in [1.54, 1.807) is 12.1 Å². The molecule has 0 saturated heterocycles.